The molecule has 1 aliphatic carbocycles. The summed E-state index contributed by atoms with van der Waals surface area (Å²) in [5.74, 6) is 0.997. The standard InChI is InChI=1S/C29H34FN7O2/c1-39-24-12-9-21-17-25(29(38)31-26(21)18-24)27(36-15-13-35(14-16-36)23-5-3-2-4-6-23)28-32-33-34-37(28)19-20-7-10-22(30)11-8-20/h7-12,17-18,23,27H,2-6,13-16,19H2,1H3,(H,31,38)/t27-/m1/s1. The predicted molar refractivity (Wildman–Crippen MR) is 146 cm³/mol. The normalized spacial score (nSPS) is 18.4. The highest BCUT2D eigenvalue weighted by Crippen LogP contribution is 2.30. The topological polar surface area (TPSA) is 92.2 Å². The number of benzene rings is 2. The Labute approximate surface area is 226 Å². The summed E-state index contributed by atoms with van der Waals surface area (Å²) >= 11 is 0. The summed E-state index contributed by atoms with van der Waals surface area (Å²) in [5, 5.41) is 13.6. The van der Waals surface area contributed by atoms with Crippen molar-refractivity contribution < 1.29 is 9.13 Å². The van der Waals surface area contributed by atoms with Gasteiger partial charge in [0.25, 0.3) is 5.56 Å². The number of halogens is 1. The molecule has 2 fully saturated rings. The van der Waals surface area contributed by atoms with Crippen molar-refractivity contribution in [1.29, 1.82) is 0 Å². The fraction of sp³-hybridized carbons (Fsp3) is 0.448. The Morgan fingerprint density at radius 1 is 1.03 bits per heavy atom. The summed E-state index contributed by atoms with van der Waals surface area (Å²) in [5.41, 5.74) is 2.03. The lowest BCUT2D eigenvalue weighted by molar-refractivity contribution is 0.0618. The summed E-state index contributed by atoms with van der Waals surface area (Å²) in [7, 11) is 1.61. The third-order valence-corrected chi connectivity index (χ3v) is 8.23. The number of aromatic nitrogens is 5. The van der Waals surface area contributed by atoms with E-state index >= 15 is 0 Å². The molecule has 0 amide bonds. The third kappa shape index (κ3) is 5.44. The van der Waals surface area contributed by atoms with Crippen LogP contribution >= 0.6 is 0 Å². The molecule has 0 unspecified atom stereocenters. The maximum Gasteiger partial charge on any atom is 0.253 e. The number of H-pyrrole nitrogens is 1. The van der Waals surface area contributed by atoms with E-state index in [2.05, 4.69) is 30.3 Å². The van der Waals surface area contributed by atoms with Gasteiger partial charge in [0.1, 0.15) is 17.6 Å². The zero-order chi connectivity index (χ0) is 26.8. The van der Waals surface area contributed by atoms with E-state index in [1.807, 2.05) is 24.3 Å². The molecular weight excluding hydrogens is 497 g/mol. The first kappa shape index (κ1) is 25.6. The van der Waals surface area contributed by atoms with Gasteiger partial charge in [0.05, 0.1) is 19.2 Å². The number of nitrogens with one attached hydrogen (secondary N) is 1. The Hall–Kier alpha value is -3.63. The van der Waals surface area contributed by atoms with Gasteiger partial charge in [-0.2, -0.15) is 0 Å². The van der Waals surface area contributed by atoms with E-state index in [1.54, 1.807) is 23.9 Å². The predicted octanol–water partition coefficient (Wildman–Crippen LogP) is 3.75. The number of hydrogen-bond acceptors (Lipinski definition) is 7. The number of piperazine rings is 1. The summed E-state index contributed by atoms with van der Waals surface area (Å²) in [4.78, 5) is 21.6. The maximum absolute atomic E-state index is 13.6. The van der Waals surface area contributed by atoms with Crippen LogP contribution in [0.4, 0.5) is 4.39 Å². The van der Waals surface area contributed by atoms with Gasteiger partial charge in [0.15, 0.2) is 5.82 Å². The second-order valence-corrected chi connectivity index (χ2v) is 10.6. The largest absolute Gasteiger partial charge is 0.497 e. The van der Waals surface area contributed by atoms with Crippen molar-refractivity contribution >= 4 is 10.9 Å². The van der Waals surface area contributed by atoms with Crippen molar-refractivity contribution in [2.24, 2.45) is 0 Å². The fourth-order valence-electron chi connectivity index (χ4n) is 6.12. The second kappa shape index (κ2) is 11.2. The van der Waals surface area contributed by atoms with E-state index in [0.717, 1.165) is 42.6 Å². The third-order valence-electron chi connectivity index (χ3n) is 8.23. The molecule has 2 aliphatic rings. The maximum atomic E-state index is 13.6. The van der Waals surface area contributed by atoms with E-state index in [1.165, 1.54) is 44.2 Å². The van der Waals surface area contributed by atoms with Gasteiger partial charge < -0.3 is 9.72 Å². The van der Waals surface area contributed by atoms with Crippen LogP contribution < -0.4 is 10.3 Å². The molecule has 10 heteroatoms. The minimum absolute atomic E-state index is 0.174. The molecule has 1 aliphatic heterocycles. The molecule has 3 heterocycles. The van der Waals surface area contributed by atoms with Crippen molar-refractivity contribution in [3.05, 3.63) is 81.7 Å². The van der Waals surface area contributed by atoms with Gasteiger partial charge in [-0.3, -0.25) is 14.6 Å². The number of methoxy groups -OCH3 is 1. The molecule has 0 radical (unpaired) electrons. The minimum atomic E-state index is -0.427. The number of hydrogen-bond donors (Lipinski definition) is 1. The number of rotatable bonds is 7. The van der Waals surface area contributed by atoms with Crippen LogP contribution in [0, 0.1) is 5.82 Å². The number of pyridine rings is 1. The second-order valence-electron chi connectivity index (χ2n) is 10.6. The highest BCUT2D eigenvalue weighted by atomic mass is 19.1. The van der Waals surface area contributed by atoms with Gasteiger partial charge in [-0.1, -0.05) is 31.4 Å². The van der Waals surface area contributed by atoms with Crippen LogP contribution in [0.5, 0.6) is 5.75 Å². The number of aromatic amines is 1. The van der Waals surface area contributed by atoms with Crippen LogP contribution in [0.1, 0.15) is 55.1 Å². The molecule has 1 N–H and O–H groups in total. The van der Waals surface area contributed by atoms with Gasteiger partial charge >= 0.3 is 0 Å². The molecule has 9 nitrogen and oxygen atoms in total. The summed E-state index contributed by atoms with van der Waals surface area (Å²) in [6, 6.07) is 14.2. The summed E-state index contributed by atoms with van der Waals surface area (Å²) < 4.78 is 20.6. The van der Waals surface area contributed by atoms with Crippen LogP contribution in [-0.4, -0.2) is 74.3 Å². The summed E-state index contributed by atoms with van der Waals surface area (Å²) in [6.45, 7) is 3.89. The van der Waals surface area contributed by atoms with Gasteiger partial charge in [0, 0.05) is 43.9 Å². The lowest BCUT2D eigenvalue weighted by Crippen LogP contribution is -2.52. The van der Waals surface area contributed by atoms with E-state index in [-0.39, 0.29) is 11.4 Å². The van der Waals surface area contributed by atoms with Crippen molar-refractivity contribution in [3.63, 3.8) is 0 Å². The quantitative estimate of drug-likeness (QED) is 0.388. The smallest absolute Gasteiger partial charge is 0.253 e. The molecule has 1 saturated carbocycles. The van der Waals surface area contributed by atoms with E-state index in [9.17, 15) is 9.18 Å². The van der Waals surface area contributed by atoms with Crippen LogP contribution in [0.2, 0.25) is 0 Å². The fourth-order valence-corrected chi connectivity index (χ4v) is 6.12. The van der Waals surface area contributed by atoms with Crippen LogP contribution in [0.3, 0.4) is 0 Å². The molecule has 204 valence electrons. The highest BCUT2D eigenvalue weighted by molar-refractivity contribution is 5.80. The molecule has 2 aromatic heterocycles. The molecule has 6 rings (SSSR count). The SMILES string of the molecule is COc1ccc2cc([C@H](c3nnnn3Cc3ccc(F)cc3)N3CCN(C4CCCCC4)CC3)c(=O)[nH]c2c1. The Bertz CT molecular complexity index is 1470. The molecule has 4 aromatic rings. The van der Waals surface area contributed by atoms with Crippen LogP contribution in [0.15, 0.2) is 53.3 Å². The average molecular weight is 532 g/mol. The van der Waals surface area contributed by atoms with Gasteiger partial charge in [-0.15, -0.1) is 5.10 Å². The van der Waals surface area contributed by atoms with E-state index in [4.69, 9.17) is 4.74 Å². The lowest BCUT2D eigenvalue weighted by atomic mass is 9.93. The van der Waals surface area contributed by atoms with Crippen LogP contribution in [0.25, 0.3) is 10.9 Å². The van der Waals surface area contributed by atoms with Crippen molar-refractivity contribution in [1.82, 2.24) is 35.0 Å². The highest BCUT2D eigenvalue weighted by Gasteiger charge is 2.34. The Kier molecular flexibility index (Phi) is 7.38. The lowest BCUT2D eigenvalue weighted by Gasteiger charge is -2.42. The van der Waals surface area contributed by atoms with Crippen LogP contribution in [-0.2, 0) is 6.54 Å². The Balaban J connectivity index is 1.36. The van der Waals surface area contributed by atoms with Gasteiger partial charge in [0.2, 0.25) is 0 Å². The monoisotopic (exact) mass is 531 g/mol. The first-order valence-corrected chi connectivity index (χ1v) is 13.8. The molecular formula is C29H34FN7O2. The zero-order valence-corrected chi connectivity index (χ0v) is 22.2. The number of tetrazole rings is 1. The van der Waals surface area contributed by atoms with Crippen molar-refractivity contribution in [3.8, 4) is 5.75 Å². The van der Waals surface area contributed by atoms with Crippen molar-refractivity contribution in [2.75, 3.05) is 33.3 Å². The molecule has 0 spiro atoms. The van der Waals surface area contributed by atoms with Gasteiger partial charge in [-0.25, -0.2) is 9.07 Å². The zero-order valence-electron chi connectivity index (χ0n) is 22.2. The first-order valence-electron chi connectivity index (χ1n) is 13.8. The van der Waals surface area contributed by atoms with E-state index in [0.29, 0.717) is 29.7 Å². The first-order chi connectivity index (χ1) is 19.1. The molecule has 1 atom stereocenters. The molecule has 1 saturated heterocycles. The number of fused-ring (bicyclic) bond motifs is 1. The van der Waals surface area contributed by atoms with E-state index < -0.39 is 6.04 Å². The summed E-state index contributed by atoms with van der Waals surface area (Å²) in [6.07, 6.45) is 6.50. The van der Waals surface area contributed by atoms with Gasteiger partial charge in [-0.05, 0) is 64.5 Å². The van der Waals surface area contributed by atoms with Crippen molar-refractivity contribution in [2.45, 2.75) is 50.7 Å². The average Bonchev–Trinajstić information content (AvgIpc) is 3.42. The minimum Gasteiger partial charge on any atom is -0.497 e. The molecule has 39 heavy (non-hydrogen) atoms. The Morgan fingerprint density at radius 3 is 2.54 bits per heavy atom. The Morgan fingerprint density at radius 2 is 1.79 bits per heavy atom. The molecule has 2 aromatic carbocycles. The number of nitrogens with zero attached hydrogens (tertiary/aromatic N) is 6. The number of ether oxygens (including phenoxy) is 1. The molecule has 0 bridgehead atoms.